The molecule has 2 heterocycles. The van der Waals surface area contributed by atoms with Gasteiger partial charge in [0.05, 0.1) is 12.1 Å². The van der Waals surface area contributed by atoms with Gasteiger partial charge >= 0.3 is 0 Å². The molecule has 168 valence electrons. The SMILES string of the molecule is O=C1C(=O)N(c2ccc(F)cc2)CC1N1CCN(C(c2ccccc2)c2ccccc2)CC1. The van der Waals surface area contributed by atoms with Gasteiger partial charge in [0.2, 0.25) is 5.78 Å². The Labute approximate surface area is 193 Å². The van der Waals surface area contributed by atoms with Crippen LogP contribution in [-0.4, -0.2) is 60.3 Å². The highest BCUT2D eigenvalue weighted by Crippen LogP contribution is 2.30. The van der Waals surface area contributed by atoms with Crippen molar-refractivity contribution in [2.75, 3.05) is 37.6 Å². The average Bonchev–Trinajstić information content (AvgIpc) is 3.16. The molecule has 0 aromatic heterocycles. The van der Waals surface area contributed by atoms with Crippen molar-refractivity contribution >= 4 is 17.4 Å². The van der Waals surface area contributed by atoms with Gasteiger partial charge in [0.15, 0.2) is 0 Å². The average molecular weight is 444 g/mol. The maximum Gasteiger partial charge on any atom is 0.296 e. The molecular weight excluding hydrogens is 417 g/mol. The zero-order valence-electron chi connectivity index (χ0n) is 18.3. The third kappa shape index (κ3) is 4.32. The van der Waals surface area contributed by atoms with E-state index in [1.807, 2.05) is 12.1 Å². The van der Waals surface area contributed by atoms with Crippen LogP contribution in [0.1, 0.15) is 17.2 Å². The van der Waals surface area contributed by atoms with Crippen LogP contribution in [0, 0.1) is 5.82 Å². The summed E-state index contributed by atoms with van der Waals surface area (Å²) in [6.07, 6.45) is 0. The summed E-state index contributed by atoms with van der Waals surface area (Å²) in [5.74, 6) is -1.26. The Balaban J connectivity index is 1.30. The molecule has 2 aliphatic heterocycles. The molecule has 1 amide bonds. The summed E-state index contributed by atoms with van der Waals surface area (Å²) in [7, 11) is 0. The fraction of sp³-hybridized carbons (Fsp3) is 0.259. The molecule has 0 saturated carbocycles. The normalized spacial score (nSPS) is 20.1. The molecule has 5 rings (SSSR count). The van der Waals surface area contributed by atoms with Gasteiger partial charge in [-0.2, -0.15) is 0 Å². The fourth-order valence-corrected chi connectivity index (χ4v) is 4.93. The van der Waals surface area contributed by atoms with Crippen LogP contribution in [0.2, 0.25) is 0 Å². The molecule has 1 atom stereocenters. The largest absolute Gasteiger partial charge is 0.304 e. The number of anilines is 1. The number of halogens is 1. The van der Waals surface area contributed by atoms with E-state index in [0.29, 0.717) is 25.3 Å². The predicted molar refractivity (Wildman–Crippen MR) is 125 cm³/mol. The first-order valence-corrected chi connectivity index (χ1v) is 11.3. The predicted octanol–water partition coefficient (Wildman–Crippen LogP) is 3.52. The van der Waals surface area contributed by atoms with Crippen molar-refractivity contribution in [3.63, 3.8) is 0 Å². The number of carbonyl (C=O) groups excluding carboxylic acids is 2. The van der Waals surface area contributed by atoms with Gasteiger partial charge in [0.25, 0.3) is 5.91 Å². The van der Waals surface area contributed by atoms with Gasteiger partial charge < -0.3 is 4.90 Å². The Bertz CT molecular complexity index is 1070. The van der Waals surface area contributed by atoms with Gasteiger partial charge in [-0.3, -0.25) is 19.4 Å². The van der Waals surface area contributed by atoms with Gasteiger partial charge in [-0.15, -0.1) is 0 Å². The second kappa shape index (κ2) is 9.25. The lowest BCUT2D eigenvalue weighted by molar-refractivity contribution is -0.136. The lowest BCUT2D eigenvalue weighted by Gasteiger charge is -2.41. The molecule has 3 aromatic carbocycles. The number of benzene rings is 3. The van der Waals surface area contributed by atoms with Gasteiger partial charge in [0.1, 0.15) is 5.82 Å². The highest BCUT2D eigenvalue weighted by atomic mass is 19.1. The van der Waals surface area contributed by atoms with E-state index in [1.54, 1.807) is 12.1 Å². The molecule has 0 radical (unpaired) electrons. The van der Waals surface area contributed by atoms with E-state index >= 15 is 0 Å². The second-order valence-electron chi connectivity index (χ2n) is 8.57. The minimum absolute atomic E-state index is 0.145. The summed E-state index contributed by atoms with van der Waals surface area (Å²) in [6, 6.07) is 26.3. The molecule has 0 N–H and O–H groups in total. The second-order valence-corrected chi connectivity index (χ2v) is 8.57. The van der Waals surface area contributed by atoms with Crippen molar-refractivity contribution in [3.05, 3.63) is 102 Å². The number of nitrogens with zero attached hydrogens (tertiary/aromatic N) is 3. The number of hydrogen-bond donors (Lipinski definition) is 0. The Hall–Kier alpha value is -3.35. The fourth-order valence-electron chi connectivity index (χ4n) is 4.93. The van der Waals surface area contributed by atoms with Crippen molar-refractivity contribution < 1.29 is 14.0 Å². The van der Waals surface area contributed by atoms with E-state index < -0.39 is 11.9 Å². The summed E-state index contributed by atoms with van der Waals surface area (Å²) >= 11 is 0. The lowest BCUT2D eigenvalue weighted by Crippen LogP contribution is -2.53. The van der Waals surface area contributed by atoms with Crippen LogP contribution in [0.25, 0.3) is 0 Å². The topological polar surface area (TPSA) is 43.9 Å². The van der Waals surface area contributed by atoms with Crippen molar-refractivity contribution in [2.24, 2.45) is 0 Å². The summed E-state index contributed by atoms with van der Waals surface area (Å²) in [5, 5.41) is 0. The van der Waals surface area contributed by atoms with Crippen LogP contribution in [0.4, 0.5) is 10.1 Å². The zero-order valence-corrected chi connectivity index (χ0v) is 18.3. The molecule has 33 heavy (non-hydrogen) atoms. The molecule has 3 aromatic rings. The number of rotatable bonds is 5. The first-order chi connectivity index (χ1) is 16.1. The molecule has 0 aliphatic carbocycles. The van der Waals surface area contributed by atoms with Gasteiger partial charge in [-0.25, -0.2) is 4.39 Å². The molecule has 0 bridgehead atoms. The van der Waals surface area contributed by atoms with E-state index in [4.69, 9.17) is 0 Å². The molecular formula is C27H26FN3O2. The number of ketones is 1. The maximum absolute atomic E-state index is 13.3. The number of piperazine rings is 1. The zero-order chi connectivity index (χ0) is 22.8. The van der Waals surface area contributed by atoms with Crippen LogP contribution >= 0.6 is 0 Å². The van der Waals surface area contributed by atoms with Gasteiger partial charge in [-0.1, -0.05) is 60.7 Å². The molecule has 2 fully saturated rings. The quantitative estimate of drug-likeness (QED) is 0.566. The monoisotopic (exact) mass is 443 g/mol. The number of amides is 1. The van der Waals surface area contributed by atoms with E-state index in [0.717, 1.165) is 13.1 Å². The standard InChI is InChI=1S/C27H26FN3O2/c28-22-11-13-23(14-12-22)31-19-24(26(32)27(31)33)29-15-17-30(18-16-29)25(20-7-3-1-4-8-20)21-9-5-2-6-10-21/h1-14,24-25H,15-19H2. The van der Waals surface area contributed by atoms with Crippen molar-refractivity contribution in [1.82, 2.24) is 9.80 Å². The van der Waals surface area contributed by atoms with Crippen LogP contribution in [0.3, 0.4) is 0 Å². The smallest absolute Gasteiger partial charge is 0.296 e. The Morgan fingerprint density at radius 3 is 1.82 bits per heavy atom. The molecule has 2 aliphatic rings. The van der Waals surface area contributed by atoms with Crippen LogP contribution < -0.4 is 4.90 Å². The Kier molecular flexibility index (Phi) is 6.03. The maximum atomic E-state index is 13.3. The van der Waals surface area contributed by atoms with Crippen molar-refractivity contribution in [3.8, 4) is 0 Å². The van der Waals surface area contributed by atoms with Crippen LogP contribution in [0.15, 0.2) is 84.9 Å². The number of hydrogen-bond acceptors (Lipinski definition) is 4. The van der Waals surface area contributed by atoms with E-state index in [9.17, 15) is 14.0 Å². The van der Waals surface area contributed by atoms with Crippen LogP contribution in [-0.2, 0) is 9.59 Å². The van der Waals surface area contributed by atoms with Gasteiger partial charge in [0, 0.05) is 38.4 Å². The minimum atomic E-state index is -0.513. The number of carbonyl (C=O) groups is 2. The Morgan fingerprint density at radius 2 is 1.27 bits per heavy atom. The van der Waals surface area contributed by atoms with Gasteiger partial charge in [-0.05, 0) is 35.4 Å². The molecule has 1 unspecified atom stereocenters. The van der Waals surface area contributed by atoms with E-state index in [1.165, 1.54) is 28.2 Å². The molecule has 5 nitrogen and oxygen atoms in total. The summed E-state index contributed by atoms with van der Waals surface area (Å²) in [4.78, 5) is 31.5. The first-order valence-electron chi connectivity index (χ1n) is 11.3. The van der Waals surface area contributed by atoms with E-state index in [-0.39, 0.29) is 17.6 Å². The third-order valence-corrected chi connectivity index (χ3v) is 6.64. The summed E-state index contributed by atoms with van der Waals surface area (Å²) < 4.78 is 13.3. The Morgan fingerprint density at radius 1 is 0.727 bits per heavy atom. The minimum Gasteiger partial charge on any atom is -0.304 e. The molecule has 0 spiro atoms. The lowest BCUT2D eigenvalue weighted by atomic mass is 9.96. The third-order valence-electron chi connectivity index (χ3n) is 6.64. The van der Waals surface area contributed by atoms with Crippen molar-refractivity contribution in [2.45, 2.75) is 12.1 Å². The summed E-state index contributed by atoms with van der Waals surface area (Å²) in [6.45, 7) is 3.31. The molecule has 6 heteroatoms. The van der Waals surface area contributed by atoms with Crippen LogP contribution in [0.5, 0.6) is 0 Å². The summed E-state index contributed by atoms with van der Waals surface area (Å²) in [5.41, 5.74) is 3.04. The van der Waals surface area contributed by atoms with Crippen molar-refractivity contribution in [1.29, 1.82) is 0 Å². The van der Waals surface area contributed by atoms with E-state index in [2.05, 4.69) is 58.3 Å². The molecule has 2 saturated heterocycles. The highest BCUT2D eigenvalue weighted by molar-refractivity contribution is 6.45. The highest BCUT2D eigenvalue weighted by Gasteiger charge is 2.43. The first kappa shape index (κ1) is 21.5. The number of Topliss-reactive ketones (excluding diaryl/α,β-unsaturated/α-hetero) is 1.